The van der Waals surface area contributed by atoms with E-state index in [4.69, 9.17) is 9.15 Å². The number of ether oxygens (including phenoxy) is 1. The maximum Gasteiger partial charge on any atom is 0.123 e. The van der Waals surface area contributed by atoms with Gasteiger partial charge in [-0.2, -0.15) is 0 Å². The Balaban J connectivity index is 1.59. The van der Waals surface area contributed by atoms with Crippen molar-refractivity contribution < 1.29 is 9.15 Å². The summed E-state index contributed by atoms with van der Waals surface area (Å²) >= 11 is 0. The van der Waals surface area contributed by atoms with Crippen molar-refractivity contribution in [1.29, 1.82) is 0 Å². The molecule has 0 aliphatic carbocycles. The van der Waals surface area contributed by atoms with E-state index in [1.807, 2.05) is 18.2 Å². The fourth-order valence-corrected chi connectivity index (χ4v) is 2.94. The third-order valence-electron chi connectivity index (χ3n) is 4.42. The first-order valence-electron chi connectivity index (χ1n) is 9.84. The van der Waals surface area contributed by atoms with Crippen LogP contribution in [0.15, 0.2) is 47.1 Å². The van der Waals surface area contributed by atoms with Gasteiger partial charge >= 0.3 is 0 Å². The summed E-state index contributed by atoms with van der Waals surface area (Å²) in [7, 11) is 0. The summed E-state index contributed by atoms with van der Waals surface area (Å²) in [4.78, 5) is 0. The van der Waals surface area contributed by atoms with Crippen LogP contribution in [-0.2, 0) is 13.1 Å². The van der Waals surface area contributed by atoms with Gasteiger partial charge in [0.15, 0.2) is 0 Å². The van der Waals surface area contributed by atoms with Crippen LogP contribution in [0.4, 0.5) is 0 Å². The molecule has 2 aromatic rings. The molecule has 0 amide bonds. The second-order valence-electron chi connectivity index (χ2n) is 6.61. The minimum atomic E-state index is 0.735. The van der Waals surface area contributed by atoms with Gasteiger partial charge in [-0.25, -0.2) is 0 Å². The lowest BCUT2D eigenvalue weighted by Gasteiger charge is -2.12. The molecule has 0 saturated carbocycles. The summed E-state index contributed by atoms with van der Waals surface area (Å²) in [5.41, 5.74) is 1.20. The zero-order valence-corrected chi connectivity index (χ0v) is 15.6. The Labute approximate surface area is 152 Å². The van der Waals surface area contributed by atoms with Crippen LogP contribution in [0, 0.1) is 0 Å². The maximum absolute atomic E-state index is 6.01. The van der Waals surface area contributed by atoms with Crippen molar-refractivity contribution in [1.82, 2.24) is 5.32 Å². The third kappa shape index (κ3) is 8.26. The fourth-order valence-electron chi connectivity index (χ4n) is 2.94. The number of nitrogens with one attached hydrogen (secondary N) is 1. The normalized spacial score (nSPS) is 10.9. The molecule has 0 spiro atoms. The van der Waals surface area contributed by atoms with Crippen LogP contribution in [0.2, 0.25) is 0 Å². The minimum Gasteiger partial charge on any atom is -0.493 e. The van der Waals surface area contributed by atoms with Gasteiger partial charge in [-0.3, -0.25) is 0 Å². The van der Waals surface area contributed by atoms with E-state index >= 15 is 0 Å². The number of unbranched alkanes of at least 4 members (excludes halogenated alkanes) is 7. The van der Waals surface area contributed by atoms with E-state index in [2.05, 4.69) is 30.4 Å². The minimum absolute atomic E-state index is 0.735. The van der Waals surface area contributed by atoms with Crippen LogP contribution in [0.1, 0.15) is 69.6 Å². The molecule has 138 valence electrons. The van der Waals surface area contributed by atoms with Crippen LogP contribution < -0.4 is 10.1 Å². The molecule has 0 aliphatic heterocycles. The van der Waals surface area contributed by atoms with Crippen LogP contribution in [0.5, 0.6) is 5.75 Å². The SMILES string of the molecule is CCCCCCCCCCOc1ccccc1CNCc1ccco1. The van der Waals surface area contributed by atoms with Crippen molar-refractivity contribution >= 4 is 0 Å². The lowest BCUT2D eigenvalue weighted by molar-refractivity contribution is 0.300. The van der Waals surface area contributed by atoms with Crippen molar-refractivity contribution in [2.45, 2.75) is 71.4 Å². The van der Waals surface area contributed by atoms with Crippen LogP contribution >= 0.6 is 0 Å². The van der Waals surface area contributed by atoms with Gasteiger partial charge in [-0.1, -0.05) is 70.1 Å². The molecule has 0 saturated heterocycles. The van der Waals surface area contributed by atoms with Gasteiger partial charge < -0.3 is 14.5 Å². The first kappa shape index (κ1) is 19.6. The molecule has 0 aliphatic rings. The standard InChI is InChI=1S/C22H33NO2/c1-2-3-4-5-6-7-8-11-16-25-22-15-10-9-13-20(22)18-23-19-21-14-12-17-24-21/h9-10,12-15,17,23H,2-8,11,16,18-19H2,1H3. The van der Waals surface area contributed by atoms with E-state index in [-0.39, 0.29) is 0 Å². The zero-order valence-electron chi connectivity index (χ0n) is 15.6. The smallest absolute Gasteiger partial charge is 0.123 e. The van der Waals surface area contributed by atoms with E-state index in [0.29, 0.717) is 0 Å². The highest BCUT2D eigenvalue weighted by atomic mass is 16.5. The van der Waals surface area contributed by atoms with Crippen molar-refractivity contribution in [3.8, 4) is 5.75 Å². The van der Waals surface area contributed by atoms with Crippen molar-refractivity contribution in [2.75, 3.05) is 6.61 Å². The average Bonchev–Trinajstić information content (AvgIpc) is 3.15. The van der Waals surface area contributed by atoms with Gasteiger partial charge in [0, 0.05) is 12.1 Å². The summed E-state index contributed by atoms with van der Waals surface area (Å²) < 4.78 is 11.3. The first-order chi connectivity index (χ1) is 12.4. The quantitative estimate of drug-likeness (QED) is 0.422. The van der Waals surface area contributed by atoms with Crippen molar-refractivity contribution in [2.24, 2.45) is 0 Å². The van der Waals surface area contributed by atoms with E-state index < -0.39 is 0 Å². The highest BCUT2D eigenvalue weighted by Gasteiger charge is 2.03. The van der Waals surface area contributed by atoms with Crippen molar-refractivity contribution in [3.05, 3.63) is 54.0 Å². The van der Waals surface area contributed by atoms with E-state index in [0.717, 1.165) is 37.6 Å². The highest BCUT2D eigenvalue weighted by molar-refractivity contribution is 5.33. The molecule has 1 N–H and O–H groups in total. The number of furan rings is 1. The molecule has 0 radical (unpaired) electrons. The number of para-hydroxylation sites is 1. The molecule has 3 heteroatoms. The Morgan fingerprint density at radius 2 is 1.60 bits per heavy atom. The average molecular weight is 344 g/mol. The third-order valence-corrected chi connectivity index (χ3v) is 4.42. The molecule has 0 unspecified atom stereocenters. The highest BCUT2D eigenvalue weighted by Crippen LogP contribution is 2.18. The van der Waals surface area contributed by atoms with E-state index in [1.165, 1.54) is 50.5 Å². The lowest BCUT2D eigenvalue weighted by Crippen LogP contribution is -2.13. The van der Waals surface area contributed by atoms with Gasteiger partial charge in [-0.05, 0) is 24.6 Å². The fraction of sp³-hybridized carbons (Fsp3) is 0.545. The molecule has 0 atom stereocenters. The van der Waals surface area contributed by atoms with E-state index in [1.54, 1.807) is 6.26 Å². The summed E-state index contributed by atoms with van der Waals surface area (Å²) in [6.45, 7) is 4.60. The topological polar surface area (TPSA) is 34.4 Å². The summed E-state index contributed by atoms with van der Waals surface area (Å²) in [6, 6.07) is 12.2. The molecule has 0 bridgehead atoms. The molecular formula is C22H33NO2. The number of hydrogen-bond donors (Lipinski definition) is 1. The maximum atomic E-state index is 6.01. The Morgan fingerprint density at radius 3 is 2.36 bits per heavy atom. The zero-order chi connectivity index (χ0) is 17.6. The Bertz CT molecular complexity index is 551. The predicted molar refractivity (Wildman–Crippen MR) is 104 cm³/mol. The second-order valence-corrected chi connectivity index (χ2v) is 6.61. The lowest BCUT2D eigenvalue weighted by atomic mass is 10.1. The summed E-state index contributed by atoms with van der Waals surface area (Å²) in [6.07, 6.45) is 12.3. The molecule has 25 heavy (non-hydrogen) atoms. The molecule has 1 aromatic carbocycles. The number of rotatable bonds is 14. The van der Waals surface area contributed by atoms with Gasteiger partial charge in [-0.15, -0.1) is 0 Å². The predicted octanol–water partition coefficient (Wildman–Crippen LogP) is 6.09. The van der Waals surface area contributed by atoms with Gasteiger partial charge in [0.2, 0.25) is 0 Å². The van der Waals surface area contributed by atoms with Crippen LogP contribution in [0.3, 0.4) is 0 Å². The molecule has 0 fully saturated rings. The van der Waals surface area contributed by atoms with Gasteiger partial charge in [0.25, 0.3) is 0 Å². The monoisotopic (exact) mass is 343 g/mol. The van der Waals surface area contributed by atoms with Crippen molar-refractivity contribution in [3.63, 3.8) is 0 Å². The molecule has 1 aromatic heterocycles. The summed E-state index contributed by atoms with van der Waals surface area (Å²) in [5.74, 6) is 1.95. The Kier molecular flexibility index (Phi) is 9.87. The Hall–Kier alpha value is -1.74. The number of hydrogen-bond acceptors (Lipinski definition) is 3. The molecule has 1 heterocycles. The molecule has 2 rings (SSSR count). The first-order valence-corrected chi connectivity index (χ1v) is 9.84. The Morgan fingerprint density at radius 1 is 0.840 bits per heavy atom. The van der Waals surface area contributed by atoms with Crippen LogP contribution in [0.25, 0.3) is 0 Å². The van der Waals surface area contributed by atoms with Gasteiger partial charge in [0.05, 0.1) is 19.4 Å². The van der Waals surface area contributed by atoms with Gasteiger partial charge in [0.1, 0.15) is 11.5 Å². The molecule has 3 nitrogen and oxygen atoms in total. The number of benzene rings is 1. The second kappa shape index (κ2) is 12.6. The molecular weight excluding hydrogens is 310 g/mol. The van der Waals surface area contributed by atoms with E-state index in [9.17, 15) is 0 Å². The largest absolute Gasteiger partial charge is 0.493 e. The van der Waals surface area contributed by atoms with Crippen LogP contribution in [-0.4, -0.2) is 6.61 Å². The summed E-state index contributed by atoms with van der Waals surface area (Å²) in [5, 5.41) is 3.41.